The molecule has 3 aromatic carbocycles. The molecular weight excluding hydrogens is 697 g/mol. The van der Waals surface area contributed by atoms with Gasteiger partial charge in [-0.1, -0.05) is 86.0 Å². The maximum absolute atomic E-state index is 14.3. The summed E-state index contributed by atoms with van der Waals surface area (Å²) in [6.07, 6.45) is 3.64. The molecule has 0 spiro atoms. The largest absolute Gasteiger partial charge is 0.483 e. The number of nitrogens with one attached hydrogen (secondary N) is 3. The maximum Gasteiger partial charge on any atom is 0.258 e. The summed E-state index contributed by atoms with van der Waals surface area (Å²) in [6, 6.07) is 18.2. The third-order valence-electron chi connectivity index (χ3n) is 9.97. The predicted octanol–water partition coefficient (Wildman–Crippen LogP) is 3.16. The third kappa shape index (κ3) is 11.0. The number of nitrogens with zero attached hydrogens (tertiary/aromatic N) is 1. The van der Waals surface area contributed by atoms with Crippen molar-refractivity contribution in [3.05, 3.63) is 78.4 Å². The zero-order valence-electron chi connectivity index (χ0n) is 30.9. The fourth-order valence-corrected chi connectivity index (χ4v) is 8.34. The van der Waals surface area contributed by atoms with E-state index >= 15 is 0 Å². The monoisotopic (exact) mass is 748 g/mol. The van der Waals surface area contributed by atoms with Crippen molar-refractivity contribution < 1.29 is 37.4 Å². The highest BCUT2D eigenvalue weighted by molar-refractivity contribution is 7.90. The average molecular weight is 749 g/mol. The Morgan fingerprint density at radius 2 is 1.57 bits per heavy atom. The highest BCUT2D eigenvalue weighted by Crippen LogP contribution is 2.39. The van der Waals surface area contributed by atoms with Gasteiger partial charge in [0.15, 0.2) is 12.7 Å². The van der Waals surface area contributed by atoms with E-state index in [9.17, 15) is 32.7 Å². The van der Waals surface area contributed by atoms with E-state index in [1.807, 2.05) is 57.2 Å². The van der Waals surface area contributed by atoms with Gasteiger partial charge in [-0.25, -0.2) is 8.42 Å². The van der Waals surface area contributed by atoms with Gasteiger partial charge in [-0.05, 0) is 68.9 Å². The van der Waals surface area contributed by atoms with E-state index in [1.165, 1.54) is 4.90 Å². The van der Waals surface area contributed by atoms with Crippen LogP contribution < -0.4 is 20.7 Å². The van der Waals surface area contributed by atoms with Crippen LogP contribution in [-0.2, 0) is 35.4 Å². The number of piperidine rings is 1. The normalized spacial score (nSPS) is 20.7. The van der Waals surface area contributed by atoms with Gasteiger partial charge in [0, 0.05) is 23.7 Å². The third-order valence-corrected chi connectivity index (χ3v) is 10.9. The molecule has 6 atom stereocenters. The molecule has 3 aromatic rings. The molecule has 2 fully saturated rings. The molecule has 0 aromatic heterocycles. The van der Waals surface area contributed by atoms with Gasteiger partial charge in [-0.3, -0.25) is 19.2 Å². The molecule has 1 saturated carbocycles. The van der Waals surface area contributed by atoms with Gasteiger partial charge >= 0.3 is 0 Å². The Morgan fingerprint density at radius 3 is 2.26 bits per heavy atom. The minimum Gasteiger partial charge on any atom is -0.483 e. The zero-order valence-corrected chi connectivity index (χ0v) is 31.7. The lowest BCUT2D eigenvalue weighted by Gasteiger charge is -2.47. The van der Waals surface area contributed by atoms with Gasteiger partial charge in [0.25, 0.3) is 11.8 Å². The number of benzene rings is 3. The molecule has 1 saturated heterocycles. The first-order valence-electron chi connectivity index (χ1n) is 18.3. The van der Waals surface area contributed by atoms with E-state index < -0.39 is 69.7 Å². The van der Waals surface area contributed by atoms with Crippen LogP contribution in [0.4, 0.5) is 0 Å². The summed E-state index contributed by atoms with van der Waals surface area (Å²) in [7, 11) is -3.80. The minimum absolute atomic E-state index is 0.0158. The molecule has 4 N–H and O–H groups in total. The molecule has 53 heavy (non-hydrogen) atoms. The van der Waals surface area contributed by atoms with E-state index in [4.69, 9.17) is 4.74 Å². The highest BCUT2D eigenvalue weighted by Gasteiger charge is 2.45. The van der Waals surface area contributed by atoms with Crippen molar-refractivity contribution in [1.82, 2.24) is 20.9 Å². The first kappa shape index (κ1) is 39.7. The Labute approximate surface area is 312 Å². The van der Waals surface area contributed by atoms with Gasteiger partial charge in [0.1, 0.15) is 27.7 Å². The Morgan fingerprint density at radius 1 is 0.906 bits per heavy atom. The second kappa shape index (κ2) is 17.1. The number of likely N-dealkylation sites (tertiary alicyclic amines) is 1. The van der Waals surface area contributed by atoms with Crippen molar-refractivity contribution in [2.75, 3.05) is 25.2 Å². The summed E-state index contributed by atoms with van der Waals surface area (Å²) in [5, 5.41) is 21.7. The summed E-state index contributed by atoms with van der Waals surface area (Å²) in [5.41, 5.74) is 0.154. The fourth-order valence-electron chi connectivity index (χ4n) is 7.50. The Bertz CT molecular complexity index is 1870. The van der Waals surface area contributed by atoms with Crippen LogP contribution in [-0.4, -0.2) is 97.0 Å². The Kier molecular flexibility index (Phi) is 12.8. The number of rotatable bonds is 13. The molecular formula is C40H52N4O8S. The number of hydrogen-bond donors (Lipinski definition) is 4. The average Bonchev–Trinajstić information content (AvgIpc) is 3.11. The van der Waals surface area contributed by atoms with Crippen LogP contribution in [0, 0.1) is 11.8 Å². The number of ether oxygens (including phenoxy) is 1. The van der Waals surface area contributed by atoms with E-state index in [0.717, 1.165) is 42.7 Å². The molecule has 12 nitrogen and oxygen atoms in total. The van der Waals surface area contributed by atoms with Gasteiger partial charge in [-0.2, -0.15) is 0 Å². The molecule has 4 amide bonds. The molecule has 2 unspecified atom stereocenters. The number of aliphatic hydroxyl groups excluding tert-OH is 1. The van der Waals surface area contributed by atoms with Gasteiger partial charge in [-0.15, -0.1) is 0 Å². The molecule has 5 rings (SSSR count). The highest BCUT2D eigenvalue weighted by atomic mass is 32.2. The molecule has 0 radical (unpaired) electrons. The minimum atomic E-state index is -3.80. The molecule has 13 heteroatoms. The molecule has 1 heterocycles. The molecule has 0 bridgehead atoms. The van der Waals surface area contributed by atoms with Crippen molar-refractivity contribution in [3.8, 4) is 5.75 Å². The van der Waals surface area contributed by atoms with Crippen LogP contribution in [0.3, 0.4) is 0 Å². The van der Waals surface area contributed by atoms with Crippen molar-refractivity contribution >= 4 is 44.2 Å². The first-order valence-corrected chi connectivity index (χ1v) is 20.4. The lowest BCUT2D eigenvalue weighted by molar-refractivity contribution is -0.154. The molecule has 286 valence electrons. The summed E-state index contributed by atoms with van der Waals surface area (Å²) in [4.78, 5) is 56.4. The number of fused-ring (bicyclic) bond motifs is 2. The fraction of sp³-hybridized carbons (Fsp3) is 0.500. The zero-order chi connectivity index (χ0) is 38.3. The second-order valence-electron chi connectivity index (χ2n) is 15.5. The maximum atomic E-state index is 14.3. The van der Waals surface area contributed by atoms with Crippen LogP contribution >= 0.6 is 0 Å². The number of sulfone groups is 1. The Hall–Kier alpha value is -4.49. The quantitative estimate of drug-likeness (QED) is 0.207. The van der Waals surface area contributed by atoms with E-state index in [-0.39, 0.29) is 24.2 Å². The SMILES string of the molecule is CC(C)(C)NC(=O)[C@@H]1CC2CCCCC2CN1C(=O)[C@@H](O)[C@H](Cc1ccccc1)NC(=O)[C@H](CS(C)(=O)=O)NC(=O)COc1cccc2ccccc12. The lowest BCUT2D eigenvalue weighted by atomic mass is 9.72. The number of carbonyl (C=O) groups is 4. The van der Waals surface area contributed by atoms with Gasteiger partial charge in [0.05, 0.1) is 11.8 Å². The van der Waals surface area contributed by atoms with Crippen LogP contribution in [0.15, 0.2) is 72.8 Å². The predicted molar refractivity (Wildman–Crippen MR) is 203 cm³/mol. The lowest BCUT2D eigenvalue weighted by Crippen LogP contribution is -2.63. The van der Waals surface area contributed by atoms with Crippen LogP contribution in [0.5, 0.6) is 5.75 Å². The van der Waals surface area contributed by atoms with Crippen LogP contribution in [0.2, 0.25) is 0 Å². The van der Waals surface area contributed by atoms with Crippen molar-refractivity contribution in [1.29, 1.82) is 0 Å². The van der Waals surface area contributed by atoms with Crippen molar-refractivity contribution in [2.24, 2.45) is 11.8 Å². The number of aliphatic hydroxyl groups is 1. The molecule has 2 aliphatic rings. The number of hydrogen-bond acceptors (Lipinski definition) is 8. The molecule has 1 aliphatic carbocycles. The smallest absolute Gasteiger partial charge is 0.258 e. The van der Waals surface area contributed by atoms with Crippen LogP contribution in [0.25, 0.3) is 10.8 Å². The number of amides is 4. The van der Waals surface area contributed by atoms with E-state index in [0.29, 0.717) is 24.3 Å². The van der Waals surface area contributed by atoms with Gasteiger partial charge < -0.3 is 30.7 Å². The standard InChI is InChI=1S/C40H52N4O8S/c1-40(2,3)43-38(48)33-22-28-16-8-9-17-29(28)23-44(33)39(49)36(46)31(21-26-13-6-5-7-14-26)42-37(47)32(25-53(4,50)51)41-35(45)24-52-34-20-12-18-27-15-10-11-19-30(27)34/h5-7,10-15,18-20,28-29,31-33,36,46H,8-9,16-17,21-25H2,1-4H3,(H,41,45)(H,42,47)(H,43,48)/t28?,29?,31-,32-,33-,36-/m0/s1. The summed E-state index contributed by atoms with van der Waals surface area (Å²) >= 11 is 0. The Balaban J connectivity index is 1.36. The first-order chi connectivity index (χ1) is 25.1. The van der Waals surface area contributed by atoms with Crippen molar-refractivity contribution in [2.45, 2.75) is 89.1 Å². The van der Waals surface area contributed by atoms with Gasteiger partial charge in [0.2, 0.25) is 11.8 Å². The van der Waals surface area contributed by atoms with E-state index in [1.54, 1.807) is 36.4 Å². The topological polar surface area (TPSA) is 171 Å². The molecule has 1 aliphatic heterocycles. The summed E-state index contributed by atoms with van der Waals surface area (Å²) in [5.74, 6) is -2.44. The van der Waals surface area contributed by atoms with Crippen molar-refractivity contribution in [3.63, 3.8) is 0 Å². The van der Waals surface area contributed by atoms with E-state index in [2.05, 4.69) is 16.0 Å². The summed E-state index contributed by atoms with van der Waals surface area (Å²) < 4.78 is 30.7. The summed E-state index contributed by atoms with van der Waals surface area (Å²) in [6.45, 7) is 5.41. The van der Waals surface area contributed by atoms with Crippen LogP contribution in [0.1, 0.15) is 58.4 Å². The second-order valence-corrected chi connectivity index (χ2v) is 17.7. The number of carbonyl (C=O) groups excluding carboxylic acids is 4.